The SMILES string of the molecule is CC(C)c1cc2nc(C(F)(F)F)cc(NCCN)n2n1. The Morgan fingerprint density at radius 3 is 2.60 bits per heavy atom. The van der Waals surface area contributed by atoms with Crippen LogP contribution in [0.15, 0.2) is 12.1 Å². The van der Waals surface area contributed by atoms with E-state index in [-0.39, 0.29) is 17.4 Å². The van der Waals surface area contributed by atoms with Gasteiger partial charge in [0.1, 0.15) is 5.82 Å². The molecule has 0 aromatic carbocycles. The lowest BCUT2D eigenvalue weighted by molar-refractivity contribution is -0.141. The van der Waals surface area contributed by atoms with Crippen molar-refractivity contribution in [2.24, 2.45) is 5.73 Å². The van der Waals surface area contributed by atoms with Crippen LogP contribution in [-0.2, 0) is 6.18 Å². The Morgan fingerprint density at radius 2 is 2.05 bits per heavy atom. The van der Waals surface area contributed by atoms with Crippen LogP contribution in [-0.4, -0.2) is 27.7 Å². The third-order valence-corrected chi connectivity index (χ3v) is 2.78. The summed E-state index contributed by atoms with van der Waals surface area (Å²) in [6.07, 6.45) is -4.50. The summed E-state index contributed by atoms with van der Waals surface area (Å²) in [6.45, 7) is 4.50. The number of fused-ring (bicyclic) bond motifs is 1. The molecule has 0 amide bonds. The number of alkyl halides is 3. The van der Waals surface area contributed by atoms with Gasteiger partial charge in [0.2, 0.25) is 0 Å². The lowest BCUT2D eigenvalue weighted by Crippen LogP contribution is -2.17. The van der Waals surface area contributed by atoms with Gasteiger partial charge in [-0.25, -0.2) is 4.98 Å². The Hall–Kier alpha value is -1.83. The van der Waals surface area contributed by atoms with Gasteiger partial charge in [0, 0.05) is 25.2 Å². The molecule has 0 spiro atoms. The number of anilines is 1. The number of nitrogens with one attached hydrogen (secondary N) is 1. The minimum absolute atomic E-state index is 0.105. The molecule has 0 atom stereocenters. The quantitative estimate of drug-likeness (QED) is 0.905. The van der Waals surface area contributed by atoms with Crippen LogP contribution in [0.4, 0.5) is 19.0 Å². The average Bonchev–Trinajstić information content (AvgIpc) is 2.78. The van der Waals surface area contributed by atoms with Crippen molar-refractivity contribution in [1.29, 1.82) is 0 Å². The van der Waals surface area contributed by atoms with E-state index in [1.165, 1.54) is 4.52 Å². The van der Waals surface area contributed by atoms with E-state index in [1.54, 1.807) is 6.07 Å². The van der Waals surface area contributed by atoms with Gasteiger partial charge in [0.05, 0.1) is 5.69 Å². The standard InChI is InChI=1S/C12H16F3N5/c1-7(2)8-5-11-18-9(12(13,14)15)6-10(17-4-3-16)20(11)19-8/h5-7,17H,3-4,16H2,1-2H3. The van der Waals surface area contributed by atoms with Crippen LogP contribution < -0.4 is 11.1 Å². The highest BCUT2D eigenvalue weighted by Crippen LogP contribution is 2.30. The van der Waals surface area contributed by atoms with Gasteiger partial charge in [0.25, 0.3) is 0 Å². The van der Waals surface area contributed by atoms with Crippen molar-refractivity contribution in [3.05, 3.63) is 23.5 Å². The van der Waals surface area contributed by atoms with Crippen LogP contribution in [0.5, 0.6) is 0 Å². The van der Waals surface area contributed by atoms with Crippen LogP contribution in [0.2, 0.25) is 0 Å². The van der Waals surface area contributed by atoms with Gasteiger partial charge in [-0.2, -0.15) is 22.8 Å². The third kappa shape index (κ3) is 2.84. The first-order valence-electron chi connectivity index (χ1n) is 6.24. The number of hydrogen-bond donors (Lipinski definition) is 2. The number of halogens is 3. The zero-order valence-corrected chi connectivity index (χ0v) is 11.2. The normalized spacial score (nSPS) is 12.3. The maximum atomic E-state index is 12.8. The molecule has 0 aliphatic rings. The number of nitrogens with zero attached hydrogens (tertiary/aromatic N) is 3. The van der Waals surface area contributed by atoms with Gasteiger partial charge in [-0.15, -0.1) is 0 Å². The Kier molecular flexibility index (Phi) is 3.85. The van der Waals surface area contributed by atoms with Crippen molar-refractivity contribution < 1.29 is 13.2 Å². The molecule has 0 unspecified atom stereocenters. The molecule has 0 fully saturated rings. The van der Waals surface area contributed by atoms with Crippen LogP contribution in [0, 0.1) is 0 Å². The fraction of sp³-hybridized carbons (Fsp3) is 0.500. The van der Waals surface area contributed by atoms with Crippen molar-refractivity contribution in [1.82, 2.24) is 14.6 Å². The van der Waals surface area contributed by atoms with E-state index in [2.05, 4.69) is 15.4 Å². The summed E-state index contributed by atoms with van der Waals surface area (Å²) in [5.74, 6) is 0.341. The summed E-state index contributed by atoms with van der Waals surface area (Å²) in [5.41, 5.74) is 5.28. The van der Waals surface area contributed by atoms with Crippen molar-refractivity contribution in [2.75, 3.05) is 18.4 Å². The van der Waals surface area contributed by atoms with Gasteiger partial charge in [-0.05, 0) is 5.92 Å². The molecule has 0 bridgehead atoms. The molecule has 2 heterocycles. The topological polar surface area (TPSA) is 68.2 Å². The summed E-state index contributed by atoms with van der Waals surface area (Å²) in [5, 5.41) is 7.11. The molecule has 2 aromatic rings. The van der Waals surface area contributed by atoms with Crippen molar-refractivity contribution in [3.63, 3.8) is 0 Å². The minimum Gasteiger partial charge on any atom is -0.369 e. The van der Waals surface area contributed by atoms with Crippen molar-refractivity contribution in [2.45, 2.75) is 25.9 Å². The second kappa shape index (κ2) is 5.28. The highest BCUT2D eigenvalue weighted by Gasteiger charge is 2.33. The molecule has 5 nitrogen and oxygen atoms in total. The lowest BCUT2D eigenvalue weighted by atomic mass is 10.1. The fourth-order valence-corrected chi connectivity index (χ4v) is 1.75. The molecule has 0 aliphatic carbocycles. The molecule has 3 N–H and O–H groups in total. The summed E-state index contributed by atoms with van der Waals surface area (Å²) in [4.78, 5) is 3.62. The highest BCUT2D eigenvalue weighted by atomic mass is 19.4. The van der Waals surface area contributed by atoms with Crippen LogP contribution in [0.1, 0.15) is 31.2 Å². The second-order valence-electron chi connectivity index (χ2n) is 4.73. The predicted octanol–water partition coefficient (Wildman–Crippen LogP) is 2.24. The number of nitrogens with two attached hydrogens (primary N) is 1. The summed E-state index contributed by atoms with van der Waals surface area (Å²) >= 11 is 0. The average molecular weight is 287 g/mol. The van der Waals surface area contributed by atoms with E-state index < -0.39 is 11.9 Å². The minimum atomic E-state index is -4.50. The van der Waals surface area contributed by atoms with E-state index in [0.717, 1.165) is 6.07 Å². The maximum Gasteiger partial charge on any atom is 0.433 e. The summed E-state index contributed by atoms with van der Waals surface area (Å²) in [7, 11) is 0. The molecular formula is C12H16F3N5. The zero-order chi connectivity index (χ0) is 14.9. The van der Waals surface area contributed by atoms with Gasteiger partial charge in [0.15, 0.2) is 11.3 Å². The molecule has 0 radical (unpaired) electrons. The first kappa shape index (κ1) is 14.6. The third-order valence-electron chi connectivity index (χ3n) is 2.78. The molecule has 8 heteroatoms. The lowest BCUT2D eigenvalue weighted by Gasteiger charge is -2.11. The molecule has 2 aromatic heterocycles. The Balaban J connectivity index is 2.58. The molecule has 110 valence electrons. The van der Waals surface area contributed by atoms with Gasteiger partial charge < -0.3 is 11.1 Å². The van der Waals surface area contributed by atoms with Crippen LogP contribution >= 0.6 is 0 Å². The fourth-order valence-electron chi connectivity index (χ4n) is 1.75. The molecule has 2 rings (SSSR count). The van der Waals surface area contributed by atoms with Gasteiger partial charge in [-0.1, -0.05) is 13.8 Å². The largest absolute Gasteiger partial charge is 0.433 e. The molecule has 20 heavy (non-hydrogen) atoms. The maximum absolute atomic E-state index is 12.8. The van der Waals surface area contributed by atoms with Crippen molar-refractivity contribution >= 4 is 11.5 Å². The molecule has 0 saturated carbocycles. The van der Waals surface area contributed by atoms with E-state index in [0.29, 0.717) is 18.8 Å². The van der Waals surface area contributed by atoms with Gasteiger partial charge in [-0.3, -0.25) is 0 Å². The predicted molar refractivity (Wildman–Crippen MR) is 69.6 cm³/mol. The first-order chi connectivity index (χ1) is 9.32. The Bertz CT molecular complexity index is 603. The first-order valence-corrected chi connectivity index (χ1v) is 6.24. The Labute approximate surface area is 114 Å². The van der Waals surface area contributed by atoms with Crippen LogP contribution in [0.3, 0.4) is 0 Å². The summed E-state index contributed by atoms with van der Waals surface area (Å²) in [6, 6.07) is 2.51. The van der Waals surface area contributed by atoms with Crippen molar-refractivity contribution in [3.8, 4) is 0 Å². The molecular weight excluding hydrogens is 271 g/mol. The van der Waals surface area contributed by atoms with Gasteiger partial charge >= 0.3 is 6.18 Å². The monoisotopic (exact) mass is 287 g/mol. The number of rotatable bonds is 4. The molecule has 0 saturated heterocycles. The number of hydrogen-bond acceptors (Lipinski definition) is 4. The van der Waals surface area contributed by atoms with E-state index >= 15 is 0 Å². The zero-order valence-electron chi connectivity index (χ0n) is 11.2. The van der Waals surface area contributed by atoms with E-state index in [1.807, 2.05) is 13.8 Å². The Morgan fingerprint density at radius 1 is 1.35 bits per heavy atom. The smallest absolute Gasteiger partial charge is 0.369 e. The highest BCUT2D eigenvalue weighted by molar-refractivity contribution is 5.51. The number of aromatic nitrogens is 3. The summed E-state index contributed by atoms with van der Waals surface area (Å²) < 4.78 is 39.9. The molecule has 0 aliphatic heterocycles. The van der Waals surface area contributed by atoms with E-state index in [4.69, 9.17) is 5.73 Å². The van der Waals surface area contributed by atoms with Crippen LogP contribution in [0.25, 0.3) is 5.65 Å². The second-order valence-corrected chi connectivity index (χ2v) is 4.73. The van der Waals surface area contributed by atoms with E-state index in [9.17, 15) is 13.2 Å².